The lowest BCUT2D eigenvalue weighted by Crippen LogP contribution is -2.60. The van der Waals surface area contributed by atoms with Gasteiger partial charge in [-0.3, -0.25) is 48.1 Å². The van der Waals surface area contributed by atoms with Crippen molar-refractivity contribution in [1.82, 2.24) is 36.8 Å². The van der Waals surface area contributed by atoms with Crippen LogP contribution in [0.5, 0.6) is 0 Å². The van der Waals surface area contributed by atoms with Gasteiger partial charge in [-0.1, -0.05) is 44.2 Å². The highest BCUT2D eigenvalue weighted by Gasteiger charge is 2.40. The molecule has 312 valence electrons. The molecule has 14 N–H and O–H groups in total. The van der Waals surface area contributed by atoms with Crippen LogP contribution in [0.25, 0.3) is 0 Å². The van der Waals surface area contributed by atoms with Crippen molar-refractivity contribution in [3.8, 4) is 0 Å². The lowest BCUT2D eigenvalue weighted by Gasteiger charge is -2.31. The van der Waals surface area contributed by atoms with Crippen LogP contribution in [0.1, 0.15) is 64.4 Å². The summed E-state index contributed by atoms with van der Waals surface area (Å²) in [7, 11) is 0. The standard InChI is InChI=1S/C36H54N12O9/c1-19(2)14-22-32(54)47-25(17-28(38)50)35(57)48-13-7-11-26(48)34(56)44-21(10-6-12-41-36(39)40)31(53)46-23(15-20-8-4-3-5-9-20)30(52)42-18-29(51)43-24(16-27(37)49)33(55)45-22/h3-5,8-9,19,21-26H,6-7,10-18H2,1-2H3,(H2,37,49)(H2,38,50)(H,42,52)(H,43,51)(H,44,56)(H,45,55)(H,46,53)(H,47,54)(H4,39,40,41)/t21-,22-,23-,24-,25-,26-/m0/s1. The van der Waals surface area contributed by atoms with Crippen LogP contribution in [0, 0.1) is 5.92 Å². The number of nitrogens with two attached hydrogens (primary N) is 4. The normalized spacial score (nSPS) is 24.4. The van der Waals surface area contributed by atoms with Crippen molar-refractivity contribution in [1.29, 1.82) is 0 Å². The van der Waals surface area contributed by atoms with Gasteiger partial charge < -0.3 is 59.7 Å². The van der Waals surface area contributed by atoms with E-state index in [4.69, 9.17) is 22.9 Å². The Morgan fingerprint density at radius 3 is 1.95 bits per heavy atom. The summed E-state index contributed by atoms with van der Waals surface area (Å²) in [6.45, 7) is 2.96. The zero-order chi connectivity index (χ0) is 42.2. The third kappa shape index (κ3) is 14.7. The SMILES string of the molecule is CC(C)C[C@@H]1NC(=O)[C@H](CC(N)=O)NC(=O)CNC(=O)[C@H](Cc2ccccc2)NC(=O)[C@H](CCCN=C(N)N)NC(=O)[C@@H]2CCCN2C(=O)[C@H](CC(N)=O)NC1=O. The fourth-order valence-electron chi connectivity index (χ4n) is 6.47. The fourth-order valence-corrected chi connectivity index (χ4v) is 6.47. The molecule has 0 aliphatic carbocycles. The Morgan fingerprint density at radius 1 is 0.737 bits per heavy atom. The van der Waals surface area contributed by atoms with Crippen LogP contribution >= 0.6 is 0 Å². The molecule has 1 aromatic rings. The molecule has 0 radical (unpaired) electrons. The van der Waals surface area contributed by atoms with Crippen LogP contribution in [-0.2, 0) is 49.6 Å². The van der Waals surface area contributed by atoms with Gasteiger partial charge in [0.05, 0.1) is 19.4 Å². The minimum atomic E-state index is -1.59. The molecule has 21 nitrogen and oxygen atoms in total. The lowest BCUT2D eigenvalue weighted by atomic mass is 10.0. The molecule has 0 aromatic heterocycles. The van der Waals surface area contributed by atoms with Gasteiger partial charge in [-0.25, -0.2) is 0 Å². The van der Waals surface area contributed by atoms with Crippen molar-refractivity contribution >= 4 is 59.1 Å². The Hall–Kier alpha value is -6.28. The van der Waals surface area contributed by atoms with Crippen molar-refractivity contribution < 1.29 is 43.2 Å². The lowest BCUT2D eigenvalue weighted by molar-refractivity contribution is -0.143. The van der Waals surface area contributed by atoms with E-state index in [1.807, 2.05) is 0 Å². The molecule has 6 atom stereocenters. The van der Waals surface area contributed by atoms with Crippen molar-refractivity contribution in [3.63, 3.8) is 0 Å². The Balaban J connectivity index is 2.08. The van der Waals surface area contributed by atoms with Gasteiger partial charge in [-0.05, 0) is 43.6 Å². The number of primary amides is 2. The summed E-state index contributed by atoms with van der Waals surface area (Å²) in [5, 5.41) is 15.1. The molecule has 1 aromatic carbocycles. The summed E-state index contributed by atoms with van der Waals surface area (Å²) in [5.74, 6) is -8.19. The quantitative estimate of drug-likeness (QED) is 0.0547. The predicted octanol–water partition coefficient (Wildman–Crippen LogP) is -4.38. The van der Waals surface area contributed by atoms with Gasteiger partial charge in [0.1, 0.15) is 36.3 Å². The summed E-state index contributed by atoms with van der Waals surface area (Å²) in [5.41, 5.74) is 22.4. The number of carbonyl (C=O) groups is 9. The molecule has 21 heteroatoms. The molecule has 0 saturated carbocycles. The van der Waals surface area contributed by atoms with E-state index in [-0.39, 0.29) is 57.1 Å². The van der Waals surface area contributed by atoms with Crippen molar-refractivity contribution in [2.24, 2.45) is 33.8 Å². The van der Waals surface area contributed by atoms with Gasteiger partial charge in [0.2, 0.25) is 53.2 Å². The monoisotopic (exact) mass is 798 g/mol. The second kappa shape index (κ2) is 21.7. The molecular weight excluding hydrogens is 744 g/mol. The van der Waals surface area contributed by atoms with Crippen molar-refractivity contribution in [2.45, 2.75) is 101 Å². The van der Waals surface area contributed by atoms with E-state index < -0.39 is 109 Å². The minimum Gasteiger partial charge on any atom is -0.370 e. The van der Waals surface area contributed by atoms with Gasteiger partial charge in [0.15, 0.2) is 5.96 Å². The number of guanidine groups is 1. The van der Waals surface area contributed by atoms with Crippen LogP contribution in [0.3, 0.4) is 0 Å². The first-order chi connectivity index (χ1) is 26.9. The van der Waals surface area contributed by atoms with Crippen LogP contribution in [0.4, 0.5) is 0 Å². The van der Waals surface area contributed by atoms with Crippen LogP contribution in [0.15, 0.2) is 35.3 Å². The third-order valence-corrected chi connectivity index (χ3v) is 9.17. The zero-order valence-electron chi connectivity index (χ0n) is 32.1. The predicted molar refractivity (Wildman–Crippen MR) is 205 cm³/mol. The summed E-state index contributed by atoms with van der Waals surface area (Å²) in [6.07, 6.45) is -0.612. The number of rotatable bonds is 12. The van der Waals surface area contributed by atoms with E-state index >= 15 is 0 Å². The molecular formula is C36H54N12O9. The molecule has 2 fully saturated rings. The first kappa shape index (κ1) is 45.1. The second-order valence-electron chi connectivity index (χ2n) is 14.4. The highest BCUT2D eigenvalue weighted by molar-refractivity contribution is 6.00. The van der Waals surface area contributed by atoms with E-state index in [1.54, 1.807) is 44.2 Å². The molecule has 3 rings (SSSR count). The molecule has 0 spiro atoms. The van der Waals surface area contributed by atoms with Gasteiger partial charge in [-0.2, -0.15) is 0 Å². The largest absolute Gasteiger partial charge is 0.370 e. The fraction of sp³-hybridized carbons (Fsp3) is 0.556. The number of fused-ring (bicyclic) bond motifs is 1. The average Bonchev–Trinajstić information content (AvgIpc) is 3.63. The Bertz CT molecular complexity index is 1690. The Kier molecular flexibility index (Phi) is 17.2. The topological polar surface area (TPSA) is 345 Å². The van der Waals surface area contributed by atoms with Gasteiger partial charge in [-0.15, -0.1) is 0 Å². The van der Waals surface area contributed by atoms with E-state index in [0.29, 0.717) is 12.0 Å². The number of aliphatic imine (C=N–C) groups is 1. The van der Waals surface area contributed by atoms with Crippen LogP contribution < -0.4 is 54.8 Å². The van der Waals surface area contributed by atoms with Gasteiger partial charge in [0, 0.05) is 19.5 Å². The summed E-state index contributed by atoms with van der Waals surface area (Å²) < 4.78 is 0. The van der Waals surface area contributed by atoms with Gasteiger partial charge >= 0.3 is 0 Å². The number of amides is 9. The number of hydrogen-bond acceptors (Lipinski definition) is 10. The highest BCUT2D eigenvalue weighted by Crippen LogP contribution is 2.20. The number of carbonyl (C=O) groups excluding carboxylic acids is 9. The first-order valence-electron chi connectivity index (χ1n) is 18.7. The number of benzene rings is 1. The number of hydrogen-bond donors (Lipinski definition) is 10. The molecule has 0 bridgehead atoms. The molecule has 57 heavy (non-hydrogen) atoms. The molecule has 9 amide bonds. The van der Waals surface area contributed by atoms with Crippen molar-refractivity contribution in [3.05, 3.63) is 35.9 Å². The third-order valence-electron chi connectivity index (χ3n) is 9.17. The van der Waals surface area contributed by atoms with E-state index in [9.17, 15) is 43.2 Å². The second-order valence-corrected chi connectivity index (χ2v) is 14.4. The summed E-state index contributed by atoms with van der Waals surface area (Å²) in [4.78, 5) is 125. The highest BCUT2D eigenvalue weighted by atomic mass is 16.2. The molecule has 2 heterocycles. The van der Waals surface area contributed by atoms with Crippen LogP contribution in [-0.4, -0.2) is 120 Å². The van der Waals surface area contributed by atoms with E-state index in [1.165, 1.54) is 4.90 Å². The van der Waals surface area contributed by atoms with E-state index in [2.05, 4.69) is 36.9 Å². The summed E-state index contributed by atoms with van der Waals surface area (Å²) >= 11 is 0. The molecule has 2 aliphatic rings. The Morgan fingerprint density at radius 2 is 1.32 bits per heavy atom. The Labute approximate surface area is 329 Å². The maximum Gasteiger partial charge on any atom is 0.246 e. The van der Waals surface area contributed by atoms with Crippen molar-refractivity contribution in [2.75, 3.05) is 19.6 Å². The smallest absolute Gasteiger partial charge is 0.246 e. The van der Waals surface area contributed by atoms with Gasteiger partial charge in [0.25, 0.3) is 0 Å². The maximum absolute atomic E-state index is 14.0. The van der Waals surface area contributed by atoms with Crippen LogP contribution in [0.2, 0.25) is 0 Å². The summed E-state index contributed by atoms with van der Waals surface area (Å²) in [6, 6.07) is 0.487. The molecule has 2 aliphatic heterocycles. The maximum atomic E-state index is 14.0. The number of nitrogens with one attached hydrogen (secondary N) is 6. The zero-order valence-corrected chi connectivity index (χ0v) is 32.1. The molecule has 2 saturated heterocycles. The van der Waals surface area contributed by atoms with E-state index in [0.717, 1.165) is 0 Å². The average molecular weight is 799 g/mol. The number of nitrogens with zero attached hydrogens (tertiary/aromatic N) is 2. The molecule has 0 unspecified atom stereocenters. The minimum absolute atomic E-state index is 0.00300. The first-order valence-corrected chi connectivity index (χ1v) is 18.7.